The SMILES string of the molecule is CSc1ccc(CC(=O)CCl)c(SC)c1. The highest BCUT2D eigenvalue weighted by molar-refractivity contribution is 7.99. The van der Waals surface area contributed by atoms with Crippen LogP contribution < -0.4 is 0 Å². The van der Waals surface area contributed by atoms with E-state index in [1.165, 1.54) is 9.79 Å². The highest BCUT2D eigenvalue weighted by Crippen LogP contribution is 2.26. The lowest BCUT2D eigenvalue weighted by molar-refractivity contribution is -0.116. The van der Waals surface area contributed by atoms with Gasteiger partial charge in [-0.05, 0) is 30.2 Å². The first kappa shape index (κ1) is 12.9. The summed E-state index contributed by atoms with van der Waals surface area (Å²) in [6, 6.07) is 6.18. The van der Waals surface area contributed by atoms with Crippen LogP contribution >= 0.6 is 35.1 Å². The molecular formula is C11H13ClOS2. The van der Waals surface area contributed by atoms with Crippen LogP contribution in [0.3, 0.4) is 0 Å². The van der Waals surface area contributed by atoms with E-state index in [1.54, 1.807) is 23.5 Å². The molecule has 0 saturated heterocycles. The van der Waals surface area contributed by atoms with Gasteiger partial charge in [0, 0.05) is 16.2 Å². The minimum absolute atomic E-state index is 0.0730. The summed E-state index contributed by atoms with van der Waals surface area (Å²) in [6.45, 7) is 0. The summed E-state index contributed by atoms with van der Waals surface area (Å²) in [6.07, 6.45) is 4.51. The third-order valence-corrected chi connectivity index (χ3v) is 3.87. The highest BCUT2D eigenvalue weighted by atomic mass is 35.5. The van der Waals surface area contributed by atoms with E-state index < -0.39 is 0 Å². The van der Waals surface area contributed by atoms with Crippen molar-refractivity contribution in [2.75, 3.05) is 18.4 Å². The van der Waals surface area contributed by atoms with Gasteiger partial charge in [0.05, 0.1) is 5.88 Å². The molecule has 0 radical (unpaired) electrons. The maximum absolute atomic E-state index is 11.3. The Bertz CT molecular complexity index is 352. The van der Waals surface area contributed by atoms with Crippen molar-refractivity contribution in [3.05, 3.63) is 23.8 Å². The van der Waals surface area contributed by atoms with Crippen LogP contribution in [0.25, 0.3) is 0 Å². The molecule has 82 valence electrons. The van der Waals surface area contributed by atoms with E-state index in [-0.39, 0.29) is 11.7 Å². The zero-order valence-electron chi connectivity index (χ0n) is 8.75. The molecule has 0 bridgehead atoms. The zero-order valence-corrected chi connectivity index (χ0v) is 11.1. The smallest absolute Gasteiger partial charge is 0.151 e. The normalized spacial score (nSPS) is 10.3. The Morgan fingerprint density at radius 3 is 2.60 bits per heavy atom. The van der Waals surface area contributed by atoms with Crippen molar-refractivity contribution >= 4 is 40.9 Å². The first-order chi connectivity index (χ1) is 7.21. The molecule has 0 aromatic heterocycles. The second kappa shape index (κ2) is 6.46. The Labute approximate surface area is 104 Å². The molecule has 0 heterocycles. The van der Waals surface area contributed by atoms with E-state index in [1.807, 2.05) is 24.6 Å². The topological polar surface area (TPSA) is 17.1 Å². The minimum Gasteiger partial charge on any atom is -0.298 e. The number of rotatable bonds is 5. The van der Waals surface area contributed by atoms with Crippen molar-refractivity contribution in [2.24, 2.45) is 0 Å². The molecule has 1 rings (SSSR count). The quantitative estimate of drug-likeness (QED) is 0.596. The standard InChI is InChI=1S/C11H13ClOS2/c1-14-10-4-3-8(5-9(13)7-12)11(6-10)15-2/h3-4,6H,5,7H2,1-2H3. The lowest BCUT2D eigenvalue weighted by Gasteiger charge is -2.07. The van der Waals surface area contributed by atoms with E-state index in [9.17, 15) is 4.79 Å². The predicted octanol–water partition coefficient (Wildman–Crippen LogP) is 3.48. The number of Topliss-reactive ketones (excluding diaryl/α,β-unsaturated/α-hetero) is 1. The van der Waals surface area contributed by atoms with Crippen molar-refractivity contribution in [3.8, 4) is 0 Å². The Kier molecular flexibility index (Phi) is 5.58. The molecular weight excluding hydrogens is 248 g/mol. The van der Waals surface area contributed by atoms with Crippen molar-refractivity contribution in [1.82, 2.24) is 0 Å². The Hall–Kier alpha value is -0.120. The molecule has 1 nitrogen and oxygen atoms in total. The van der Waals surface area contributed by atoms with Crippen molar-refractivity contribution < 1.29 is 4.79 Å². The second-order valence-electron chi connectivity index (χ2n) is 3.03. The summed E-state index contributed by atoms with van der Waals surface area (Å²) >= 11 is 8.87. The number of alkyl halides is 1. The van der Waals surface area contributed by atoms with Crippen LogP contribution in [-0.4, -0.2) is 24.2 Å². The first-order valence-electron chi connectivity index (χ1n) is 4.49. The van der Waals surface area contributed by atoms with Gasteiger partial charge >= 0.3 is 0 Å². The minimum atomic E-state index is 0.0730. The van der Waals surface area contributed by atoms with Crippen molar-refractivity contribution in [1.29, 1.82) is 0 Å². The molecule has 1 aromatic carbocycles. The number of carbonyl (C=O) groups excluding carboxylic acids is 1. The van der Waals surface area contributed by atoms with Gasteiger partial charge < -0.3 is 0 Å². The number of hydrogen-bond donors (Lipinski definition) is 0. The van der Waals surface area contributed by atoms with E-state index >= 15 is 0 Å². The lowest BCUT2D eigenvalue weighted by atomic mass is 10.1. The monoisotopic (exact) mass is 260 g/mol. The molecule has 4 heteroatoms. The summed E-state index contributed by atoms with van der Waals surface area (Å²) in [5, 5.41) is 0. The van der Waals surface area contributed by atoms with Crippen molar-refractivity contribution in [2.45, 2.75) is 16.2 Å². The predicted molar refractivity (Wildman–Crippen MR) is 69.4 cm³/mol. The number of hydrogen-bond acceptors (Lipinski definition) is 3. The fourth-order valence-electron chi connectivity index (χ4n) is 1.26. The van der Waals surface area contributed by atoms with Crippen LogP contribution in [0.2, 0.25) is 0 Å². The molecule has 0 amide bonds. The van der Waals surface area contributed by atoms with Crippen LogP contribution in [0.5, 0.6) is 0 Å². The summed E-state index contributed by atoms with van der Waals surface area (Å²) in [5.74, 6) is 0.168. The fourth-order valence-corrected chi connectivity index (χ4v) is 2.51. The van der Waals surface area contributed by atoms with Crippen LogP contribution in [-0.2, 0) is 11.2 Å². The van der Waals surface area contributed by atoms with E-state index in [0.29, 0.717) is 6.42 Å². The number of carbonyl (C=O) groups is 1. The molecule has 0 aliphatic heterocycles. The number of benzene rings is 1. The zero-order chi connectivity index (χ0) is 11.3. The van der Waals surface area contributed by atoms with Gasteiger partial charge in [-0.3, -0.25) is 4.79 Å². The van der Waals surface area contributed by atoms with Crippen molar-refractivity contribution in [3.63, 3.8) is 0 Å². The summed E-state index contributed by atoms with van der Waals surface area (Å²) in [7, 11) is 0. The van der Waals surface area contributed by atoms with Gasteiger partial charge in [0.15, 0.2) is 5.78 Å². The second-order valence-corrected chi connectivity index (χ2v) is 5.02. The lowest BCUT2D eigenvalue weighted by Crippen LogP contribution is -2.04. The fraction of sp³-hybridized carbons (Fsp3) is 0.364. The molecule has 0 saturated carbocycles. The summed E-state index contributed by atoms with van der Waals surface area (Å²) < 4.78 is 0. The molecule has 0 aliphatic rings. The third-order valence-electron chi connectivity index (χ3n) is 2.03. The van der Waals surface area contributed by atoms with Gasteiger partial charge in [0.1, 0.15) is 0 Å². The number of ketones is 1. The molecule has 0 atom stereocenters. The molecule has 0 aliphatic carbocycles. The van der Waals surface area contributed by atoms with Gasteiger partial charge in [0.2, 0.25) is 0 Å². The molecule has 0 N–H and O–H groups in total. The first-order valence-corrected chi connectivity index (χ1v) is 7.48. The van der Waals surface area contributed by atoms with Gasteiger partial charge in [-0.2, -0.15) is 0 Å². The third kappa shape index (κ3) is 3.74. The van der Waals surface area contributed by atoms with Gasteiger partial charge in [0.25, 0.3) is 0 Å². The maximum atomic E-state index is 11.3. The molecule has 1 aromatic rings. The van der Waals surface area contributed by atoms with E-state index in [2.05, 4.69) is 6.07 Å². The summed E-state index contributed by atoms with van der Waals surface area (Å²) in [5.41, 5.74) is 1.07. The molecule has 0 spiro atoms. The Morgan fingerprint density at radius 2 is 2.07 bits per heavy atom. The molecule has 0 unspecified atom stereocenters. The van der Waals surface area contributed by atoms with E-state index in [0.717, 1.165) is 5.56 Å². The van der Waals surface area contributed by atoms with Crippen LogP contribution in [0, 0.1) is 0 Å². The van der Waals surface area contributed by atoms with Crippen LogP contribution in [0.1, 0.15) is 5.56 Å². The average molecular weight is 261 g/mol. The highest BCUT2D eigenvalue weighted by Gasteiger charge is 2.07. The van der Waals surface area contributed by atoms with Gasteiger partial charge in [-0.25, -0.2) is 0 Å². The van der Waals surface area contributed by atoms with E-state index in [4.69, 9.17) is 11.6 Å². The molecule has 15 heavy (non-hydrogen) atoms. The van der Waals surface area contributed by atoms with Crippen LogP contribution in [0.4, 0.5) is 0 Å². The number of thioether (sulfide) groups is 2. The maximum Gasteiger partial charge on any atom is 0.151 e. The van der Waals surface area contributed by atoms with Gasteiger partial charge in [-0.15, -0.1) is 35.1 Å². The largest absolute Gasteiger partial charge is 0.298 e. The Balaban J connectivity index is 2.92. The van der Waals surface area contributed by atoms with Gasteiger partial charge in [-0.1, -0.05) is 6.07 Å². The van der Waals surface area contributed by atoms with Crippen LogP contribution in [0.15, 0.2) is 28.0 Å². The molecule has 0 fully saturated rings. The Morgan fingerprint density at radius 1 is 1.33 bits per heavy atom. The average Bonchev–Trinajstić information content (AvgIpc) is 2.29. The summed E-state index contributed by atoms with van der Waals surface area (Å²) in [4.78, 5) is 13.6. The number of halogens is 1.